The highest BCUT2D eigenvalue weighted by atomic mass is 16.5. The van der Waals surface area contributed by atoms with Gasteiger partial charge in [0.2, 0.25) is 0 Å². The Morgan fingerprint density at radius 2 is 1.46 bits per heavy atom. The van der Waals surface area contributed by atoms with Gasteiger partial charge in [0, 0.05) is 41.3 Å². The van der Waals surface area contributed by atoms with E-state index in [2.05, 4.69) is 5.32 Å². The average Bonchev–Trinajstić information content (AvgIpc) is 2.66. The second-order valence-electron chi connectivity index (χ2n) is 7.01. The molecular weight excluding hydrogens is 330 g/mol. The van der Waals surface area contributed by atoms with Crippen LogP contribution in [0.2, 0.25) is 0 Å². The van der Waals surface area contributed by atoms with Crippen LogP contribution in [0.15, 0.2) is 46.8 Å². The summed E-state index contributed by atoms with van der Waals surface area (Å²) in [5, 5.41) is 3.40. The third-order valence-electron chi connectivity index (χ3n) is 5.46. The Hall–Kier alpha value is -2.69. The van der Waals surface area contributed by atoms with Crippen LogP contribution in [0.3, 0.4) is 0 Å². The van der Waals surface area contributed by atoms with Gasteiger partial charge in [-0.25, -0.2) is 4.79 Å². The summed E-state index contributed by atoms with van der Waals surface area (Å²) in [6.07, 6.45) is 4.40. The van der Waals surface area contributed by atoms with E-state index in [-0.39, 0.29) is 17.5 Å². The Balaban J connectivity index is 1.83. The van der Waals surface area contributed by atoms with E-state index in [1.54, 1.807) is 12.1 Å². The highest BCUT2D eigenvalue weighted by Crippen LogP contribution is 2.45. The Kier molecular flexibility index (Phi) is 4.23. The van der Waals surface area contributed by atoms with Gasteiger partial charge in [-0.15, -0.1) is 0 Å². The quantitative estimate of drug-likeness (QED) is 0.829. The summed E-state index contributed by atoms with van der Waals surface area (Å²) in [4.78, 5) is 37.1. The number of Topliss-reactive ketones (excluding diaryl/α,β-unsaturated/α-hetero) is 2. The van der Waals surface area contributed by atoms with Crippen molar-refractivity contribution in [1.82, 2.24) is 5.32 Å². The molecule has 4 rings (SSSR count). The molecule has 1 N–H and O–H groups in total. The summed E-state index contributed by atoms with van der Waals surface area (Å²) >= 11 is 0. The normalized spacial score (nSPS) is 20.5. The first-order valence-corrected chi connectivity index (χ1v) is 9.08. The lowest BCUT2D eigenvalue weighted by molar-refractivity contribution is -0.117. The van der Waals surface area contributed by atoms with Gasteiger partial charge in [0.25, 0.3) is 0 Å². The van der Waals surface area contributed by atoms with E-state index in [1.807, 2.05) is 12.1 Å². The lowest BCUT2D eigenvalue weighted by Gasteiger charge is -2.37. The minimum atomic E-state index is -0.399. The molecule has 1 aromatic rings. The summed E-state index contributed by atoms with van der Waals surface area (Å²) in [6, 6.07) is 7.07. The second-order valence-corrected chi connectivity index (χ2v) is 7.01. The zero-order valence-electron chi connectivity index (χ0n) is 14.8. The van der Waals surface area contributed by atoms with Gasteiger partial charge in [-0.1, -0.05) is 12.1 Å². The maximum absolute atomic E-state index is 12.7. The molecule has 134 valence electrons. The van der Waals surface area contributed by atoms with Gasteiger partial charge in [-0.2, -0.15) is 0 Å². The van der Waals surface area contributed by atoms with Crippen LogP contribution in [0.1, 0.15) is 60.4 Å². The van der Waals surface area contributed by atoms with Crippen molar-refractivity contribution in [3.8, 4) is 0 Å². The summed E-state index contributed by atoms with van der Waals surface area (Å²) in [7, 11) is 1.35. The van der Waals surface area contributed by atoms with E-state index >= 15 is 0 Å². The van der Waals surface area contributed by atoms with Crippen molar-refractivity contribution >= 4 is 17.5 Å². The van der Waals surface area contributed by atoms with Crippen molar-refractivity contribution in [2.75, 3.05) is 7.11 Å². The van der Waals surface area contributed by atoms with Gasteiger partial charge in [-0.05, 0) is 43.4 Å². The first kappa shape index (κ1) is 16.8. The number of hydrogen-bond donors (Lipinski definition) is 1. The maximum atomic E-state index is 12.7. The molecule has 5 heteroatoms. The SMILES string of the molecule is COC(=O)c1ccc(C2C3=C(CCCC3=O)NC3=C2C(=O)CCC3)cc1. The van der Waals surface area contributed by atoms with Crippen molar-refractivity contribution in [2.24, 2.45) is 0 Å². The number of esters is 1. The standard InChI is InChI=1S/C21H21NO4/c1-26-21(25)13-10-8-12(9-11-13)18-19-14(4-2-6-16(19)23)22-15-5-3-7-17(24)20(15)18/h8-11,18,22H,2-7H2,1H3. The fourth-order valence-corrected chi connectivity index (χ4v) is 4.25. The second kappa shape index (κ2) is 6.56. The number of carbonyl (C=O) groups excluding carboxylic acids is 3. The highest BCUT2D eigenvalue weighted by Gasteiger charge is 2.40. The number of benzene rings is 1. The highest BCUT2D eigenvalue weighted by molar-refractivity contribution is 6.06. The lowest BCUT2D eigenvalue weighted by Crippen LogP contribution is -2.36. The van der Waals surface area contributed by atoms with Crippen molar-refractivity contribution in [3.05, 3.63) is 57.9 Å². The lowest BCUT2D eigenvalue weighted by atomic mass is 9.71. The van der Waals surface area contributed by atoms with Gasteiger partial charge in [0.05, 0.1) is 12.7 Å². The van der Waals surface area contributed by atoms with Crippen molar-refractivity contribution in [1.29, 1.82) is 0 Å². The molecule has 26 heavy (non-hydrogen) atoms. The van der Waals surface area contributed by atoms with Crippen molar-refractivity contribution in [2.45, 2.75) is 44.4 Å². The zero-order valence-corrected chi connectivity index (χ0v) is 14.8. The van der Waals surface area contributed by atoms with Crippen molar-refractivity contribution in [3.63, 3.8) is 0 Å². The number of allylic oxidation sites excluding steroid dienone is 4. The van der Waals surface area contributed by atoms with E-state index in [4.69, 9.17) is 4.74 Å². The van der Waals surface area contributed by atoms with E-state index in [9.17, 15) is 14.4 Å². The molecular formula is C21H21NO4. The Labute approximate surface area is 152 Å². The number of carbonyl (C=O) groups is 3. The molecule has 1 aliphatic heterocycles. The predicted octanol–water partition coefficient (Wildman–Crippen LogP) is 3.17. The minimum absolute atomic E-state index is 0.116. The van der Waals surface area contributed by atoms with Crippen LogP contribution in [0, 0.1) is 0 Å². The Morgan fingerprint density at radius 1 is 0.923 bits per heavy atom. The predicted molar refractivity (Wildman–Crippen MR) is 95.4 cm³/mol. The van der Waals surface area contributed by atoms with Crippen LogP contribution in [-0.4, -0.2) is 24.6 Å². The van der Waals surface area contributed by atoms with Crippen LogP contribution in [0.5, 0.6) is 0 Å². The average molecular weight is 351 g/mol. The van der Waals surface area contributed by atoms with Crippen LogP contribution in [0.4, 0.5) is 0 Å². The number of rotatable bonds is 2. The summed E-state index contributed by atoms with van der Waals surface area (Å²) in [5.41, 5.74) is 4.74. The molecule has 0 unspecified atom stereocenters. The molecule has 1 heterocycles. The van der Waals surface area contributed by atoms with E-state index in [0.29, 0.717) is 18.4 Å². The molecule has 3 aliphatic rings. The Morgan fingerprint density at radius 3 is 1.96 bits per heavy atom. The molecule has 0 fully saturated rings. The largest absolute Gasteiger partial charge is 0.465 e. The molecule has 0 spiro atoms. The monoisotopic (exact) mass is 351 g/mol. The summed E-state index contributed by atoms with van der Waals surface area (Å²) < 4.78 is 4.75. The molecule has 0 bridgehead atoms. The van der Waals surface area contributed by atoms with Crippen LogP contribution in [0.25, 0.3) is 0 Å². The number of dihydropyridines is 1. The smallest absolute Gasteiger partial charge is 0.337 e. The summed E-state index contributed by atoms with van der Waals surface area (Å²) in [5.74, 6) is -0.492. The van der Waals surface area contributed by atoms with Crippen LogP contribution < -0.4 is 5.32 Å². The molecule has 1 aromatic carbocycles. The molecule has 0 radical (unpaired) electrons. The number of ketones is 2. The molecule has 0 atom stereocenters. The first-order valence-electron chi connectivity index (χ1n) is 9.08. The fraction of sp³-hybridized carbons (Fsp3) is 0.381. The molecule has 0 amide bonds. The van der Waals surface area contributed by atoms with Crippen molar-refractivity contribution < 1.29 is 19.1 Å². The minimum Gasteiger partial charge on any atom is -0.465 e. The first-order chi connectivity index (χ1) is 12.6. The summed E-state index contributed by atoms with van der Waals surface area (Å²) in [6.45, 7) is 0. The molecule has 2 aliphatic carbocycles. The van der Waals surface area contributed by atoms with Crippen LogP contribution >= 0.6 is 0 Å². The van der Waals surface area contributed by atoms with E-state index < -0.39 is 5.97 Å². The molecule has 0 saturated heterocycles. The third kappa shape index (κ3) is 2.68. The Bertz CT molecular complexity index is 819. The third-order valence-corrected chi connectivity index (χ3v) is 5.46. The molecule has 5 nitrogen and oxygen atoms in total. The van der Waals surface area contributed by atoms with Gasteiger partial charge in [0.15, 0.2) is 11.6 Å². The molecule has 0 saturated carbocycles. The van der Waals surface area contributed by atoms with E-state index in [1.165, 1.54) is 7.11 Å². The van der Waals surface area contributed by atoms with Gasteiger partial charge < -0.3 is 10.1 Å². The number of ether oxygens (including phenoxy) is 1. The van der Waals surface area contributed by atoms with Gasteiger partial charge in [-0.3, -0.25) is 9.59 Å². The number of nitrogens with one attached hydrogen (secondary N) is 1. The topological polar surface area (TPSA) is 72.5 Å². The molecule has 0 aromatic heterocycles. The van der Waals surface area contributed by atoms with E-state index in [0.717, 1.165) is 53.8 Å². The van der Waals surface area contributed by atoms with Crippen LogP contribution in [-0.2, 0) is 14.3 Å². The van der Waals surface area contributed by atoms with Gasteiger partial charge >= 0.3 is 5.97 Å². The fourth-order valence-electron chi connectivity index (χ4n) is 4.25. The maximum Gasteiger partial charge on any atom is 0.337 e. The number of methoxy groups -OCH3 is 1. The zero-order chi connectivity index (χ0) is 18.3. The van der Waals surface area contributed by atoms with Gasteiger partial charge in [0.1, 0.15) is 0 Å². The number of hydrogen-bond acceptors (Lipinski definition) is 5.